The van der Waals surface area contributed by atoms with Crippen molar-refractivity contribution in [3.63, 3.8) is 0 Å². The molecule has 0 unspecified atom stereocenters. The zero-order valence-electron chi connectivity index (χ0n) is 15.6. The maximum atomic E-state index is 5.49. The molecule has 4 aromatic rings. The third kappa shape index (κ3) is 3.29. The van der Waals surface area contributed by atoms with Crippen LogP contribution in [-0.4, -0.2) is 42.0 Å². The number of nitrogens with zero attached hydrogens (tertiary/aromatic N) is 3. The molecular formula is C20H18N4O3S. The molecule has 28 heavy (non-hydrogen) atoms. The summed E-state index contributed by atoms with van der Waals surface area (Å²) in [7, 11) is 4.75. The van der Waals surface area contributed by atoms with Gasteiger partial charge in [-0.05, 0) is 46.5 Å². The molecule has 8 heteroatoms. The second-order valence-corrected chi connectivity index (χ2v) is 7.01. The van der Waals surface area contributed by atoms with Crippen LogP contribution in [0.5, 0.6) is 17.2 Å². The first kappa shape index (κ1) is 18.0. The predicted molar refractivity (Wildman–Crippen MR) is 109 cm³/mol. The number of benzene rings is 2. The van der Waals surface area contributed by atoms with E-state index in [2.05, 4.69) is 38.8 Å². The summed E-state index contributed by atoms with van der Waals surface area (Å²) < 4.78 is 17.6. The van der Waals surface area contributed by atoms with Crippen LogP contribution in [0.25, 0.3) is 21.7 Å². The highest BCUT2D eigenvalue weighted by atomic mass is 32.1. The van der Waals surface area contributed by atoms with Crippen molar-refractivity contribution >= 4 is 33.1 Å². The molecule has 0 bridgehead atoms. The maximum absolute atomic E-state index is 5.49. The molecule has 2 heterocycles. The van der Waals surface area contributed by atoms with Crippen molar-refractivity contribution < 1.29 is 14.2 Å². The van der Waals surface area contributed by atoms with E-state index in [9.17, 15) is 0 Å². The highest BCUT2D eigenvalue weighted by Crippen LogP contribution is 2.41. The van der Waals surface area contributed by atoms with Crippen molar-refractivity contribution in [3.05, 3.63) is 58.7 Å². The van der Waals surface area contributed by atoms with Gasteiger partial charge in [-0.3, -0.25) is 0 Å². The van der Waals surface area contributed by atoms with Gasteiger partial charge in [0.2, 0.25) is 11.6 Å². The van der Waals surface area contributed by atoms with Crippen molar-refractivity contribution in [1.29, 1.82) is 0 Å². The molecule has 0 saturated heterocycles. The summed E-state index contributed by atoms with van der Waals surface area (Å²) in [5.74, 6) is 2.12. The lowest BCUT2D eigenvalue weighted by atomic mass is 10.0. The van der Waals surface area contributed by atoms with E-state index in [4.69, 9.17) is 14.2 Å². The van der Waals surface area contributed by atoms with Gasteiger partial charge < -0.3 is 14.2 Å². The van der Waals surface area contributed by atoms with Crippen LogP contribution in [0, 0.1) is 0 Å². The van der Waals surface area contributed by atoms with Gasteiger partial charge in [0.05, 0.1) is 21.3 Å². The minimum absolute atomic E-state index is 0.478. The molecule has 0 aliphatic heterocycles. The summed E-state index contributed by atoms with van der Waals surface area (Å²) in [5, 5.41) is 15.8. The van der Waals surface area contributed by atoms with Crippen molar-refractivity contribution in [2.24, 2.45) is 0 Å². The number of methoxy groups -OCH3 is 3. The number of thiophene rings is 1. The molecular weight excluding hydrogens is 376 g/mol. The summed E-state index contributed by atoms with van der Waals surface area (Å²) in [4.78, 5) is 1.08. The Bertz CT molecular complexity index is 1080. The smallest absolute Gasteiger partial charge is 0.205 e. The number of rotatable bonds is 6. The zero-order valence-corrected chi connectivity index (χ0v) is 16.4. The molecule has 0 amide bonds. The van der Waals surface area contributed by atoms with Crippen LogP contribution in [0.15, 0.2) is 42.5 Å². The Morgan fingerprint density at radius 1 is 1.00 bits per heavy atom. The number of ether oxygens (including phenoxy) is 3. The maximum Gasteiger partial charge on any atom is 0.205 e. The van der Waals surface area contributed by atoms with Crippen LogP contribution < -0.4 is 14.2 Å². The number of fused-ring (bicyclic) bond motifs is 1. The molecule has 142 valence electrons. The Kier molecular flexibility index (Phi) is 4.94. The Balaban J connectivity index is 1.90. The molecule has 0 fully saturated rings. The lowest BCUT2D eigenvalue weighted by Crippen LogP contribution is -1.98. The predicted octanol–water partition coefficient (Wildman–Crippen LogP) is 4.03. The Hall–Kier alpha value is -3.39. The van der Waals surface area contributed by atoms with Crippen molar-refractivity contribution in [1.82, 2.24) is 20.6 Å². The monoisotopic (exact) mass is 394 g/mol. The summed E-state index contributed by atoms with van der Waals surface area (Å²) >= 11 is 1.70. The molecule has 0 aliphatic rings. The van der Waals surface area contributed by atoms with Gasteiger partial charge in [-0.1, -0.05) is 18.2 Å². The minimum Gasteiger partial charge on any atom is -0.493 e. The number of H-pyrrole nitrogens is 1. The summed E-state index contributed by atoms with van der Waals surface area (Å²) in [6.07, 6.45) is 2.04. The van der Waals surface area contributed by atoms with E-state index in [1.165, 1.54) is 10.1 Å². The molecule has 0 spiro atoms. The molecule has 0 atom stereocenters. The fourth-order valence-corrected chi connectivity index (χ4v) is 4.01. The van der Waals surface area contributed by atoms with Crippen LogP contribution in [-0.2, 0) is 0 Å². The second-order valence-electron chi connectivity index (χ2n) is 5.89. The quantitative estimate of drug-likeness (QED) is 0.532. The Morgan fingerprint density at radius 3 is 2.36 bits per heavy atom. The van der Waals surface area contributed by atoms with E-state index >= 15 is 0 Å². The van der Waals surface area contributed by atoms with Gasteiger partial charge in [-0.15, -0.1) is 21.5 Å². The first-order valence-corrected chi connectivity index (χ1v) is 9.29. The average Bonchev–Trinajstić information content (AvgIpc) is 3.40. The van der Waals surface area contributed by atoms with E-state index in [0.29, 0.717) is 23.1 Å². The number of aromatic nitrogens is 4. The Morgan fingerprint density at radius 2 is 1.75 bits per heavy atom. The van der Waals surface area contributed by atoms with Crippen LogP contribution in [0.4, 0.5) is 0 Å². The van der Waals surface area contributed by atoms with Gasteiger partial charge in [0.15, 0.2) is 11.5 Å². The number of hydrogen-bond acceptors (Lipinski definition) is 7. The number of hydrogen-bond donors (Lipinski definition) is 1. The number of aromatic amines is 1. The van der Waals surface area contributed by atoms with Gasteiger partial charge >= 0.3 is 0 Å². The summed E-state index contributed by atoms with van der Waals surface area (Å²) in [6, 6.07) is 14.1. The molecule has 2 aromatic heterocycles. The first-order chi connectivity index (χ1) is 13.7. The number of nitrogens with one attached hydrogen (secondary N) is 1. The minimum atomic E-state index is 0.478. The fourth-order valence-electron chi connectivity index (χ4n) is 3.01. The van der Waals surface area contributed by atoms with Crippen LogP contribution >= 0.6 is 11.3 Å². The van der Waals surface area contributed by atoms with Gasteiger partial charge in [-0.2, -0.15) is 5.21 Å². The normalized spacial score (nSPS) is 11.6. The molecule has 0 radical (unpaired) electrons. The first-order valence-electron chi connectivity index (χ1n) is 8.48. The lowest BCUT2D eigenvalue weighted by Gasteiger charge is -2.14. The van der Waals surface area contributed by atoms with Crippen LogP contribution in [0.3, 0.4) is 0 Å². The van der Waals surface area contributed by atoms with E-state index in [-0.39, 0.29) is 0 Å². The molecule has 2 aromatic carbocycles. The van der Waals surface area contributed by atoms with E-state index < -0.39 is 0 Å². The largest absolute Gasteiger partial charge is 0.493 e. The standard InChI is InChI=1S/C20H18N4O3S/c1-25-16-9-13(10-17(26-2)19(16)27-3)15(20-21-23-24-22-20)11-14-8-12-6-4-5-7-18(12)28-14/h4-11H,1-3H3,(H,21,22,23,24)/b15-11-. The van der Waals surface area contributed by atoms with Gasteiger partial charge in [-0.25, -0.2) is 0 Å². The van der Waals surface area contributed by atoms with Crippen LogP contribution in [0.2, 0.25) is 0 Å². The summed E-state index contributed by atoms with van der Waals surface area (Å²) in [6.45, 7) is 0. The molecule has 0 aliphatic carbocycles. The lowest BCUT2D eigenvalue weighted by molar-refractivity contribution is 0.324. The van der Waals surface area contributed by atoms with Crippen LogP contribution in [0.1, 0.15) is 16.3 Å². The topological polar surface area (TPSA) is 82.2 Å². The van der Waals surface area contributed by atoms with Gasteiger partial charge in [0, 0.05) is 15.2 Å². The van der Waals surface area contributed by atoms with E-state index in [0.717, 1.165) is 16.0 Å². The van der Waals surface area contributed by atoms with Gasteiger partial charge in [0.1, 0.15) is 0 Å². The third-order valence-corrected chi connectivity index (χ3v) is 5.36. The van der Waals surface area contributed by atoms with Gasteiger partial charge in [0.25, 0.3) is 0 Å². The van der Waals surface area contributed by atoms with Crippen molar-refractivity contribution in [3.8, 4) is 17.2 Å². The van der Waals surface area contributed by atoms with Crippen molar-refractivity contribution in [2.45, 2.75) is 0 Å². The van der Waals surface area contributed by atoms with E-state index in [1.54, 1.807) is 32.7 Å². The molecule has 7 nitrogen and oxygen atoms in total. The highest BCUT2D eigenvalue weighted by molar-refractivity contribution is 7.19. The Labute approximate surface area is 165 Å². The number of tetrazole rings is 1. The fraction of sp³-hybridized carbons (Fsp3) is 0.150. The SMILES string of the molecule is COc1cc(/C(=C/c2cc3ccccc3s2)c2nn[nH]n2)cc(OC)c1OC. The van der Waals surface area contributed by atoms with E-state index in [1.807, 2.05) is 30.3 Å². The highest BCUT2D eigenvalue weighted by Gasteiger charge is 2.18. The molecule has 4 rings (SSSR count). The van der Waals surface area contributed by atoms with Crippen molar-refractivity contribution in [2.75, 3.05) is 21.3 Å². The summed E-state index contributed by atoms with van der Waals surface area (Å²) in [5.41, 5.74) is 1.62. The molecule has 0 saturated carbocycles. The second kappa shape index (κ2) is 7.69. The molecule has 1 N–H and O–H groups in total. The zero-order chi connectivity index (χ0) is 19.5. The average molecular weight is 394 g/mol. The third-order valence-electron chi connectivity index (χ3n) is 4.29.